The van der Waals surface area contributed by atoms with E-state index < -0.39 is 11.4 Å². The third kappa shape index (κ3) is 3.27. The molecular formula is C16H19ClFN7OS. The molecule has 0 bridgehead atoms. The Bertz CT molecular complexity index is 871. The van der Waals surface area contributed by atoms with Crippen molar-refractivity contribution in [1.29, 1.82) is 0 Å². The number of nitrogens with two attached hydrogens (primary N) is 1. The molecule has 2 aliphatic heterocycles. The van der Waals surface area contributed by atoms with Crippen LogP contribution in [0.5, 0.6) is 5.88 Å². The Hall–Kier alpha value is -2.20. The standard InChI is InChI=1S/C16H18FN7OS.ClH/c1-9-12(17)13(25-2)22-15(21-9)24-6-10-7-26-14(18)23-16(10,8-24)11-5-19-3-4-20-11;/h3-5,10H,6-8H2,1-2H3,(H2,18,23);1H/t10-,16?;/m0./s1. The fourth-order valence-electron chi connectivity index (χ4n) is 3.45. The van der Waals surface area contributed by atoms with E-state index >= 15 is 0 Å². The first kappa shape index (κ1) is 19.6. The van der Waals surface area contributed by atoms with Gasteiger partial charge in [-0.3, -0.25) is 9.97 Å². The van der Waals surface area contributed by atoms with Crippen LogP contribution < -0.4 is 15.4 Å². The molecule has 0 aromatic carbocycles. The Balaban J connectivity index is 0.00000210. The Morgan fingerprint density at radius 1 is 1.37 bits per heavy atom. The summed E-state index contributed by atoms with van der Waals surface area (Å²) < 4.78 is 19.1. The van der Waals surface area contributed by atoms with Crippen LogP contribution in [0.2, 0.25) is 0 Å². The number of halogens is 2. The lowest BCUT2D eigenvalue weighted by molar-refractivity contribution is 0.365. The first-order valence-corrected chi connectivity index (χ1v) is 9.10. The van der Waals surface area contributed by atoms with Gasteiger partial charge in [0, 0.05) is 30.6 Å². The molecule has 0 aliphatic carbocycles. The van der Waals surface area contributed by atoms with E-state index in [2.05, 4.69) is 19.9 Å². The van der Waals surface area contributed by atoms with Gasteiger partial charge in [-0.25, -0.2) is 9.98 Å². The summed E-state index contributed by atoms with van der Waals surface area (Å²) in [6.45, 7) is 2.75. The van der Waals surface area contributed by atoms with Crippen molar-refractivity contribution in [1.82, 2.24) is 19.9 Å². The van der Waals surface area contributed by atoms with Gasteiger partial charge in [0.25, 0.3) is 5.88 Å². The molecule has 4 heterocycles. The minimum Gasteiger partial charge on any atom is -0.479 e. The van der Waals surface area contributed by atoms with E-state index in [0.29, 0.717) is 24.2 Å². The fourth-order valence-corrected chi connectivity index (χ4v) is 4.43. The zero-order valence-corrected chi connectivity index (χ0v) is 16.4. The molecule has 8 nitrogen and oxygen atoms in total. The quantitative estimate of drug-likeness (QED) is 0.811. The number of nitrogens with zero attached hydrogens (tertiary/aromatic N) is 6. The summed E-state index contributed by atoms with van der Waals surface area (Å²) in [5.74, 6) is 0.774. The van der Waals surface area contributed by atoms with Crippen LogP contribution in [-0.4, -0.2) is 51.1 Å². The van der Waals surface area contributed by atoms with Crippen molar-refractivity contribution < 1.29 is 9.13 Å². The maximum Gasteiger partial charge on any atom is 0.255 e. The summed E-state index contributed by atoms with van der Waals surface area (Å²) in [4.78, 5) is 23.9. The molecule has 27 heavy (non-hydrogen) atoms. The molecule has 2 aromatic rings. The Morgan fingerprint density at radius 2 is 2.19 bits per heavy atom. The summed E-state index contributed by atoms with van der Waals surface area (Å²) >= 11 is 1.53. The van der Waals surface area contributed by atoms with Gasteiger partial charge < -0.3 is 15.4 Å². The highest BCUT2D eigenvalue weighted by Crippen LogP contribution is 2.45. The third-order valence-corrected chi connectivity index (χ3v) is 5.70. The van der Waals surface area contributed by atoms with Crippen molar-refractivity contribution in [3.8, 4) is 5.88 Å². The van der Waals surface area contributed by atoms with Crippen LogP contribution in [0.3, 0.4) is 0 Å². The second-order valence-corrected chi connectivity index (χ2v) is 7.33. The average Bonchev–Trinajstić information content (AvgIpc) is 3.04. The van der Waals surface area contributed by atoms with Crippen LogP contribution in [0, 0.1) is 18.7 Å². The van der Waals surface area contributed by atoms with Gasteiger partial charge in [-0.15, -0.1) is 12.4 Å². The number of rotatable bonds is 3. The first-order chi connectivity index (χ1) is 12.5. The van der Waals surface area contributed by atoms with E-state index in [1.54, 1.807) is 25.5 Å². The number of thioether (sulfide) groups is 1. The first-order valence-electron chi connectivity index (χ1n) is 8.11. The monoisotopic (exact) mass is 411 g/mol. The lowest BCUT2D eigenvalue weighted by Crippen LogP contribution is -2.40. The second kappa shape index (κ2) is 7.43. The third-order valence-electron chi connectivity index (χ3n) is 4.75. The molecule has 144 valence electrons. The Kier molecular flexibility index (Phi) is 5.38. The van der Waals surface area contributed by atoms with E-state index in [1.807, 2.05) is 4.90 Å². The average molecular weight is 412 g/mol. The van der Waals surface area contributed by atoms with E-state index in [1.165, 1.54) is 18.9 Å². The Labute approximate surface area is 166 Å². The van der Waals surface area contributed by atoms with Gasteiger partial charge in [0.2, 0.25) is 11.8 Å². The van der Waals surface area contributed by atoms with Gasteiger partial charge in [-0.05, 0) is 6.92 Å². The molecule has 0 spiro atoms. The highest BCUT2D eigenvalue weighted by atomic mass is 35.5. The zero-order valence-electron chi connectivity index (χ0n) is 14.8. The van der Waals surface area contributed by atoms with Gasteiger partial charge in [0.15, 0.2) is 5.17 Å². The molecular weight excluding hydrogens is 393 g/mol. The minimum absolute atomic E-state index is 0. The minimum atomic E-state index is -0.609. The number of anilines is 1. The van der Waals surface area contributed by atoms with Crippen LogP contribution in [0.4, 0.5) is 10.3 Å². The molecule has 2 N–H and O–H groups in total. The summed E-state index contributed by atoms with van der Waals surface area (Å²) in [6, 6.07) is 0. The molecule has 1 saturated heterocycles. The number of fused-ring (bicyclic) bond motifs is 1. The molecule has 2 aromatic heterocycles. The van der Waals surface area contributed by atoms with E-state index in [4.69, 9.17) is 15.5 Å². The number of amidine groups is 1. The van der Waals surface area contributed by atoms with Crippen LogP contribution in [0.1, 0.15) is 11.4 Å². The number of ether oxygens (including phenoxy) is 1. The molecule has 11 heteroatoms. The summed E-state index contributed by atoms with van der Waals surface area (Å²) in [6.07, 6.45) is 5.00. The van der Waals surface area contributed by atoms with Gasteiger partial charge in [0.1, 0.15) is 5.54 Å². The largest absolute Gasteiger partial charge is 0.479 e. The van der Waals surface area contributed by atoms with E-state index in [-0.39, 0.29) is 29.9 Å². The highest BCUT2D eigenvalue weighted by molar-refractivity contribution is 8.13. The van der Waals surface area contributed by atoms with Crippen molar-refractivity contribution in [2.24, 2.45) is 16.6 Å². The molecule has 4 rings (SSSR count). The maximum absolute atomic E-state index is 14.0. The van der Waals surface area contributed by atoms with Crippen molar-refractivity contribution in [3.05, 3.63) is 35.8 Å². The highest BCUT2D eigenvalue weighted by Gasteiger charge is 2.52. The zero-order chi connectivity index (χ0) is 18.3. The number of hydrogen-bond acceptors (Lipinski definition) is 9. The normalized spacial score (nSPS) is 24.0. The molecule has 1 fully saturated rings. The summed E-state index contributed by atoms with van der Waals surface area (Å²) in [5, 5.41) is 0.530. The number of aryl methyl sites for hydroxylation is 1. The van der Waals surface area contributed by atoms with Gasteiger partial charge in [-0.2, -0.15) is 9.37 Å². The van der Waals surface area contributed by atoms with Gasteiger partial charge in [-0.1, -0.05) is 11.8 Å². The summed E-state index contributed by atoms with van der Waals surface area (Å²) in [5.41, 5.74) is 6.43. The molecule has 0 radical (unpaired) electrons. The lowest BCUT2D eigenvalue weighted by Gasteiger charge is -2.33. The van der Waals surface area contributed by atoms with Crippen molar-refractivity contribution in [2.75, 3.05) is 30.9 Å². The number of aromatic nitrogens is 4. The van der Waals surface area contributed by atoms with E-state index in [9.17, 15) is 4.39 Å². The van der Waals surface area contributed by atoms with Crippen molar-refractivity contribution in [3.63, 3.8) is 0 Å². The smallest absolute Gasteiger partial charge is 0.255 e. The molecule has 1 unspecified atom stereocenters. The second-order valence-electron chi connectivity index (χ2n) is 6.29. The topological polar surface area (TPSA) is 102 Å². The van der Waals surface area contributed by atoms with Crippen LogP contribution in [0.15, 0.2) is 23.6 Å². The van der Waals surface area contributed by atoms with Gasteiger partial charge >= 0.3 is 0 Å². The van der Waals surface area contributed by atoms with Crippen LogP contribution in [-0.2, 0) is 5.54 Å². The van der Waals surface area contributed by atoms with Crippen molar-refractivity contribution >= 4 is 35.3 Å². The Morgan fingerprint density at radius 3 is 2.89 bits per heavy atom. The predicted molar refractivity (Wildman–Crippen MR) is 104 cm³/mol. The molecule has 2 atom stereocenters. The predicted octanol–water partition coefficient (Wildman–Crippen LogP) is 1.54. The SMILES string of the molecule is COc1nc(N2C[C@H]3CSC(N)=NC3(c3cnccn3)C2)nc(C)c1F.Cl. The van der Waals surface area contributed by atoms with Crippen molar-refractivity contribution in [2.45, 2.75) is 12.5 Å². The molecule has 0 saturated carbocycles. The number of hydrogen-bond donors (Lipinski definition) is 1. The summed E-state index contributed by atoms with van der Waals surface area (Å²) in [7, 11) is 1.39. The molecule has 0 amide bonds. The lowest BCUT2D eigenvalue weighted by atomic mass is 9.86. The van der Waals surface area contributed by atoms with Gasteiger partial charge in [0.05, 0.1) is 31.2 Å². The van der Waals surface area contributed by atoms with E-state index in [0.717, 1.165) is 11.4 Å². The number of methoxy groups -OCH3 is 1. The fraction of sp³-hybridized carbons (Fsp3) is 0.438. The molecule has 2 aliphatic rings. The van der Waals surface area contributed by atoms with Crippen LogP contribution >= 0.6 is 24.2 Å². The van der Waals surface area contributed by atoms with Crippen LogP contribution in [0.25, 0.3) is 0 Å². The maximum atomic E-state index is 14.0. The number of aliphatic imine (C=N–C) groups is 1.